The van der Waals surface area contributed by atoms with Crippen molar-refractivity contribution in [2.45, 2.75) is 25.6 Å². The lowest BCUT2D eigenvalue weighted by molar-refractivity contribution is -0.132. The molecule has 3 unspecified atom stereocenters. The van der Waals surface area contributed by atoms with E-state index in [-0.39, 0.29) is 11.9 Å². The number of fused-ring (bicyclic) bond motifs is 4. The number of carbonyl (C=O) groups is 1. The number of carbonyl (C=O) groups excluding carboxylic acids is 1. The number of anilines is 1. The minimum atomic E-state index is -0.958. The average molecular weight is 388 g/mol. The fourth-order valence-corrected chi connectivity index (χ4v) is 4.15. The van der Waals surface area contributed by atoms with Crippen molar-refractivity contribution in [3.8, 4) is 5.75 Å². The Bertz CT molecular complexity index is 919. The second-order valence-electron chi connectivity index (χ2n) is 6.75. The van der Waals surface area contributed by atoms with Crippen LogP contribution in [0.3, 0.4) is 0 Å². The molecule has 0 spiro atoms. The van der Waals surface area contributed by atoms with E-state index in [4.69, 9.17) is 28.6 Å². The number of aryl methyl sites for hydroxylation is 1. The summed E-state index contributed by atoms with van der Waals surface area (Å²) in [6, 6.07) is 12.7. The van der Waals surface area contributed by atoms with Gasteiger partial charge in [0.2, 0.25) is 5.91 Å². The molecule has 2 bridgehead atoms. The molecule has 0 aliphatic carbocycles. The predicted molar refractivity (Wildman–Crippen MR) is 105 cm³/mol. The fourth-order valence-electron chi connectivity index (χ4n) is 3.64. The number of halogens is 1. The normalized spacial score (nSPS) is 26.0. The molecular formula is C19H18ClN3O2S. The van der Waals surface area contributed by atoms with E-state index in [9.17, 15) is 4.79 Å². The van der Waals surface area contributed by atoms with Gasteiger partial charge in [-0.1, -0.05) is 29.8 Å². The first kappa shape index (κ1) is 17.1. The topological polar surface area (TPSA) is 62.4 Å². The second kappa shape index (κ2) is 6.14. The quantitative estimate of drug-likeness (QED) is 0.688. The third-order valence-electron chi connectivity index (χ3n) is 4.89. The van der Waals surface area contributed by atoms with E-state index in [2.05, 4.69) is 16.0 Å². The summed E-state index contributed by atoms with van der Waals surface area (Å²) in [4.78, 5) is 13.2. The van der Waals surface area contributed by atoms with Gasteiger partial charge in [0, 0.05) is 16.3 Å². The molecular weight excluding hydrogens is 370 g/mol. The number of para-hydroxylation sites is 1. The zero-order valence-corrected chi connectivity index (χ0v) is 15.9. The van der Waals surface area contributed by atoms with Gasteiger partial charge in [0.15, 0.2) is 10.8 Å². The Kier molecular flexibility index (Phi) is 4.04. The van der Waals surface area contributed by atoms with Gasteiger partial charge < -0.3 is 20.7 Å². The number of nitrogens with one attached hydrogen (secondary N) is 3. The van der Waals surface area contributed by atoms with Gasteiger partial charge in [0.25, 0.3) is 0 Å². The van der Waals surface area contributed by atoms with Crippen molar-refractivity contribution in [1.29, 1.82) is 0 Å². The lowest BCUT2D eigenvalue weighted by Crippen LogP contribution is -2.70. The summed E-state index contributed by atoms with van der Waals surface area (Å²) in [5.74, 6) is -0.0101. The summed E-state index contributed by atoms with van der Waals surface area (Å²) in [6.07, 6.45) is 0. The number of amides is 1. The van der Waals surface area contributed by atoms with Crippen LogP contribution in [-0.2, 0) is 4.79 Å². The highest BCUT2D eigenvalue weighted by Gasteiger charge is 2.54. The molecule has 2 aliphatic rings. The molecule has 26 heavy (non-hydrogen) atoms. The molecule has 1 amide bonds. The largest absolute Gasteiger partial charge is 0.467 e. The van der Waals surface area contributed by atoms with Crippen LogP contribution in [0.15, 0.2) is 42.5 Å². The summed E-state index contributed by atoms with van der Waals surface area (Å²) in [7, 11) is 0. The van der Waals surface area contributed by atoms with Gasteiger partial charge in [-0.3, -0.25) is 4.79 Å². The van der Waals surface area contributed by atoms with Gasteiger partial charge in [-0.2, -0.15) is 0 Å². The van der Waals surface area contributed by atoms with Crippen LogP contribution in [0.25, 0.3) is 0 Å². The minimum absolute atomic E-state index is 0.153. The molecule has 4 rings (SSSR count). The summed E-state index contributed by atoms with van der Waals surface area (Å²) in [6.45, 7) is 3.79. The first-order chi connectivity index (χ1) is 12.4. The summed E-state index contributed by atoms with van der Waals surface area (Å²) < 4.78 is 6.16. The van der Waals surface area contributed by atoms with Crippen molar-refractivity contribution in [3.05, 3.63) is 58.6 Å². The fraction of sp³-hybridized carbons (Fsp3) is 0.263. The van der Waals surface area contributed by atoms with Gasteiger partial charge in [-0.15, -0.1) is 0 Å². The molecule has 2 aromatic rings. The van der Waals surface area contributed by atoms with Crippen molar-refractivity contribution in [1.82, 2.24) is 10.6 Å². The van der Waals surface area contributed by atoms with Crippen LogP contribution in [0.5, 0.6) is 5.75 Å². The molecule has 134 valence electrons. The Balaban J connectivity index is 1.74. The summed E-state index contributed by atoms with van der Waals surface area (Å²) in [5.41, 5.74) is 1.64. The molecule has 7 heteroatoms. The van der Waals surface area contributed by atoms with Gasteiger partial charge >= 0.3 is 0 Å². The highest BCUT2D eigenvalue weighted by Crippen LogP contribution is 2.46. The molecule has 3 N–H and O–H groups in total. The molecule has 0 aromatic heterocycles. The van der Waals surface area contributed by atoms with Crippen LogP contribution in [0.2, 0.25) is 5.02 Å². The molecule has 5 nitrogen and oxygen atoms in total. The Morgan fingerprint density at radius 1 is 1.31 bits per heavy atom. The molecule has 2 aromatic carbocycles. The van der Waals surface area contributed by atoms with Gasteiger partial charge in [0.1, 0.15) is 11.7 Å². The van der Waals surface area contributed by atoms with Crippen LogP contribution < -0.4 is 20.7 Å². The Hall–Kier alpha value is -2.31. The minimum Gasteiger partial charge on any atom is -0.467 e. The van der Waals surface area contributed by atoms with Crippen molar-refractivity contribution in [2.75, 3.05) is 5.32 Å². The van der Waals surface area contributed by atoms with Crippen molar-refractivity contribution in [3.63, 3.8) is 0 Å². The van der Waals surface area contributed by atoms with E-state index in [1.807, 2.05) is 50.2 Å². The molecule has 0 radical (unpaired) electrons. The van der Waals surface area contributed by atoms with E-state index in [0.29, 0.717) is 15.9 Å². The zero-order valence-electron chi connectivity index (χ0n) is 14.3. The molecule has 1 fully saturated rings. The highest BCUT2D eigenvalue weighted by atomic mass is 35.5. The maximum Gasteiger partial charge on any atom is 0.236 e. The van der Waals surface area contributed by atoms with E-state index in [1.54, 1.807) is 6.07 Å². The third kappa shape index (κ3) is 2.79. The number of hydrogen-bond donors (Lipinski definition) is 3. The molecule has 3 atom stereocenters. The van der Waals surface area contributed by atoms with Crippen LogP contribution in [0.4, 0.5) is 5.69 Å². The lowest BCUT2D eigenvalue weighted by Gasteiger charge is -2.50. The number of hydrogen-bond acceptors (Lipinski definition) is 3. The van der Waals surface area contributed by atoms with Gasteiger partial charge in [-0.05, 0) is 55.9 Å². The Morgan fingerprint density at radius 2 is 2.08 bits per heavy atom. The van der Waals surface area contributed by atoms with Gasteiger partial charge in [-0.25, -0.2) is 0 Å². The van der Waals surface area contributed by atoms with E-state index in [0.717, 1.165) is 16.8 Å². The third-order valence-corrected chi connectivity index (χ3v) is 5.34. The van der Waals surface area contributed by atoms with Crippen LogP contribution in [-0.4, -0.2) is 16.7 Å². The number of ether oxygens (including phenoxy) is 1. The first-order valence-electron chi connectivity index (χ1n) is 8.31. The summed E-state index contributed by atoms with van der Waals surface area (Å²) in [5, 5.41) is 10.4. The lowest BCUT2D eigenvalue weighted by atomic mass is 9.80. The molecule has 2 aliphatic heterocycles. The molecule has 2 heterocycles. The second-order valence-corrected chi connectivity index (χ2v) is 7.59. The van der Waals surface area contributed by atoms with E-state index >= 15 is 0 Å². The highest BCUT2D eigenvalue weighted by molar-refractivity contribution is 7.80. The first-order valence-corrected chi connectivity index (χ1v) is 9.10. The number of thiocarbonyl (C=S) groups is 1. The maximum absolute atomic E-state index is 13.2. The van der Waals surface area contributed by atoms with E-state index in [1.165, 1.54) is 0 Å². The maximum atomic E-state index is 13.2. The molecule has 0 saturated carbocycles. The van der Waals surface area contributed by atoms with Gasteiger partial charge in [0.05, 0.1) is 6.04 Å². The van der Waals surface area contributed by atoms with Crippen LogP contribution in [0.1, 0.15) is 24.1 Å². The Labute approximate surface area is 162 Å². The van der Waals surface area contributed by atoms with Crippen LogP contribution >= 0.6 is 23.8 Å². The number of rotatable bonds is 2. The number of benzene rings is 2. The monoisotopic (exact) mass is 387 g/mol. The Morgan fingerprint density at radius 3 is 2.85 bits per heavy atom. The smallest absolute Gasteiger partial charge is 0.236 e. The summed E-state index contributed by atoms with van der Waals surface area (Å²) >= 11 is 11.5. The van der Waals surface area contributed by atoms with Crippen LogP contribution in [0, 0.1) is 12.8 Å². The van der Waals surface area contributed by atoms with E-state index < -0.39 is 11.6 Å². The van der Waals surface area contributed by atoms with Crippen molar-refractivity contribution < 1.29 is 9.53 Å². The SMILES string of the molecule is Cc1ccccc1NC(=O)C1C2NC(=S)NC1(C)Oc1ccc(Cl)cc12. The predicted octanol–water partition coefficient (Wildman–Crippen LogP) is 3.53. The van der Waals surface area contributed by atoms with Crippen molar-refractivity contribution in [2.24, 2.45) is 5.92 Å². The molecule has 1 saturated heterocycles. The van der Waals surface area contributed by atoms with Crippen molar-refractivity contribution >= 4 is 40.5 Å². The average Bonchev–Trinajstić information content (AvgIpc) is 2.56. The zero-order chi connectivity index (χ0) is 18.5. The standard InChI is InChI=1S/C19H18ClN3O2S/c1-10-5-3-4-6-13(10)21-17(24)15-16-12-9-11(20)7-8-14(12)25-19(15,2)23-18(26)22-16/h3-9,15-16H,1-2H3,(H,21,24)(H2,22,23,26).